The summed E-state index contributed by atoms with van der Waals surface area (Å²) in [6.45, 7) is 2.62. The molecule has 0 fully saturated rings. The maximum atomic E-state index is 5.81. The number of benzene rings is 2. The standard InChI is InChI=1S/C23H24BrNO2/c1-2-3-4-5-18-8-13-22(14-9-18)26-16-21-17-27-23(25-21)15-10-19-6-11-20(24)12-7-19/h6-15,17H,2-5,16H2,1H3/b15-10+. The quantitative estimate of drug-likeness (QED) is 0.349. The number of unbranched alkanes of at least 4 members (excludes halogenated alkanes) is 2. The zero-order valence-electron chi connectivity index (χ0n) is 15.5. The van der Waals surface area contributed by atoms with Crippen molar-refractivity contribution < 1.29 is 9.15 Å². The highest BCUT2D eigenvalue weighted by Crippen LogP contribution is 2.17. The molecule has 0 aliphatic rings. The van der Waals surface area contributed by atoms with Gasteiger partial charge in [-0.15, -0.1) is 0 Å². The molecule has 140 valence electrons. The summed E-state index contributed by atoms with van der Waals surface area (Å²) < 4.78 is 12.4. The molecular weight excluding hydrogens is 402 g/mol. The van der Waals surface area contributed by atoms with E-state index in [1.165, 1.54) is 24.8 Å². The minimum absolute atomic E-state index is 0.394. The Labute approximate surface area is 169 Å². The van der Waals surface area contributed by atoms with E-state index in [1.807, 2.05) is 48.6 Å². The van der Waals surface area contributed by atoms with Gasteiger partial charge in [-0.1, -0.05) is 60.0 Å². The molecule has 3 nitrogen and oxygen atoms in total. The summed E-state index contributed by atoms with van der Waals surface area (Å²) in [5, 5.41) is 0. The van der Waals surface area contributed by atoms with Gasteiger partial charge in [0, 0.05) is 10.5 Å². The molecule has 0 unspecified atom stereocenters. The molecule has 1 aromatic heterocycles. The smallest absolute Gasteiger partial charge is 0.218 e. The van der Waals surface area contributed by atoms with E-state index in [4.69, 9.17) is 9.15 Å². The Morgan fingerprint density at radius 1 is 1.00 bits per heavy atom. The lowest BCUT2D eigenvalue weighted by atomic mass is 10.1. The second-order valence-corrected chi connectivity index (χ2v) is 7.37. The van der Waals surface area contributed by atoms with Gasteiger partial charge in [0.05, 0.1) is 0 Å². The summed E-state index contributed by atoms with van der Waals surface area (Å²) in [6, 6.07) is 16.4. The van der Waals surface area contributed by atoms with Crippen LogP contribution in [0.4, 0.5) is 0 Å². The average molecular weight is 426 g/mol. The molecule has 1 heterocycles. The molecule has 0 saturated carbocycles. The molecule has 3 rings (SSSR count). The summed E-state index contributed by atoms with van der Waals surface area (Å²) in [5.74, 6) is 1.42. The van der Waals surface area contributed by atoms with Crippen LogP contribution < -0.4 is 4.74 Å². The lowest BCUT2D eigenvalue weighted by Crippen LogP contribution is -1.96. The van der Waals surface area contributed by atoms with Gasteiger partial charge in [-0.3, -0.25) is 0 Å². The molecule has 0 atom stereocenters. The average Bonchev–Trinajstić information content (AvgIpc) is 3.15. The monoisotopic (exact) mass is 425 g/mol. The molecule has 0 saturated heterocycles. The maximum absolute atomic E-state index is 5.81. The van der Waals surface area contributed by atoms with Crippen LogP contribution in [-0.4, -0.2) is 4.98 Å². The van der Waals surface area contributed by atoms with Crippen LogP contribution in [0.3, 0.4) is 0 Å². The third kappa shape index (κ3) is 6.40. The van der Waals surface area contributed by atoms with Crippen molar-refractivity contribution in [3.8, 4) is 5.75 Å². The number of aromatic nitrogens is 1. The Hall–Kier alpha value is -2.33. The van der Waals surface area contributed by atoms with Gasteiger partial charge in [0.15, 0.2) is 0 Å². The van der Waals surface area contributed by atoms with Crippen molar-refractivity contribution in [2.45, 2.75) is 39.2 Å². The number of nitrogens with zero attached hydrogens (tertiary/aromatic N) is 1. The van der Waals surface area contributed by atoms with Gasteiger partial charge >= 0.3 is 0 Å². The molecule has 4 heteroatoms. The van der Waals surface area contributed by atoms with Gasteiger partial charge in [0.2, 0.25) is 5.89 Å². The third-order valence-corrected chi connectivity index (χ3v) is 4.77. The fraction of sp³-hybridized carbons (Fsp3) is 0.261. The minimum Gasteiger partial charge on any atom is -0.487 e. The van der Waals surface area contributed by atoms with Crippen LogP contribution in [-0.2, 0) is 13.0 Å². The molecule has 0 radical (unpaired) electrons. The van der Waals surface area contributed by atoms with Crippen LogP contribution in [0.25, 0.3) is 12.2 Å². The first-order chi connectivity index (χ1) is 13.2. The number of halogens is 1. The predicted molar refractivity (Wildman–Crippen MR) is 114 cm³/mol. The molecular formula is C23H24BrNO2. The van der Waals surface area contributed by atoms with E-state index >= 15 is 0 Å². The topological polar surface area (TPSA) is 35.3 Å². The van der Waals surface area contributed by atoms with Crippen molar-refractivity contribution in [2.24, 2.45) is 0 Å². The van der Waals surface area contributed by atoms with Crippen LogP contribution in [0.2, 0.25) is 0 Å². The molecule has 0 aliphatic carbocycles. The zero-order chi connectivity index (χ0) is 18.9. The van der Waals surface area contributed by atoms with Crippen molar-refractivity contribution in [1.82, 2.24) is 4.98 Å². The predicted octanol–water partition coefficient (Wildman–Crippen LogP) is 6.92. The van der Waals surface area contributed by atoms with E-state index in [1.54, 1.807) is 6.26 Å². The molecule has 0 aliphatic heterocycles. The van der Waals surface area contributed by atoms with Gasteiger partial charge < -0.3 is 9.15 Å². The van der Waals surface area contributed by atoms with Gasteiger partial charge in [0.1, 0.15) is 24.3 Å². The normalized spacial score (nSPS) is 11.2. The van der Waals surface area contributed by atoms with Crippen LogP contribution in [0.15, 0.2) is 63.7 Å². The van der Waals surface area contributed by atoms with Crippen LogP contribution in [0.1, 0.15) is 48.9 Å². The summed E-state index contributed by atoms with van der Waals surface area (Å²) in [6.07, 6.45) is 10.4. The maximum Gasteiger partial charge on any atom is 0.218 e. The van der Waals surface area contributed by atoms with E-state index in [9.17, 15) is 0 Å². The van der Waals surface area contributed by atoms with Crippen molar-refractivity contribution in [3.63, 3.8) is 0 Å². The second-order valence-electron chi connectivity index (χ2n) is 6.45. The molecule has 0 bridgehead atoms. The number of hydrogen-bond donors (Lipinski definition) is 0. The van der Waals surface area contributed by atoms with Gasteiger partial charge in [0.25, 0.3) is 0 Å². The van der Waals surface area contributed by atoms with Gasteiger partial charge in [-0.2, -0.15) is 0 Å². The highest BCUT2D eigenvalue weighted by molar-refractivity contribution is 9.10. The van der Waals surface area contributed by atoms with E-state index in [-0.39, 0.29) is 0 Å². The Bertz CT molecular complexity index is 851. The first-order valence-corrected chi connectivity index (χ1v) is 10.1. The Morgan fingerprint density at radius 2 is 1.78 bits per heavy atom. The van der Waals surface area contributed by atoms with Gasteiger partial charge in [-0.25, -0.2) is 4.98 Å². The van der Waals surface area contributed by atoms with Crippen LogP contribution in [0.5, 0.6) is 5.75 Å². The molecule has 0 spiro atoms. The summed E-state index contributed by atoms with van der Waals surface area (Å²) in [7, 11) is 0. The zero-order valence-corrected chi connectivity index (χ0v) is 17.1. The summed E-state index contributed by atoms with van der Waals surface area (Å²) >= 11 is 3.43. The summed E-state index contributed by atoms with van der Waals surface area (Å²) in [4.78, 5) is 4.44. The SMILES string of the molecule is CCCCCc1ccc(OCc2coc(/C=C/c3ccc(Br)cc3)n2)cc1. The minimum atomic E-state index is 0.394. The Balaban J connectivity index is 1.49. The first kappa shape index (κ1) is 19.4. The number of ether oxygens (including phenoxy) is 1. The second kappa shape index (κ2) is 10.1. The molecule has 2 aromatic carbocycles. The number of rotatable bonds is 9. The molecule has 27 heavy (non-hydrogen) atoms. The van der Waals surface area contributed by atoms with Crippen molar-refractivity contribution in [3.05, 3.63) is 82.0 Å². The largest absolute Gasteiger partial charge is 0.487 e. The van der Waals surface area contributed by atoms with E-state index in [2.05, 4.69) is 40.0 Å². The molecule has 0 N–H and O–H groups in total. The van der Waals surface area contributed by atoms with Crippen molar-refractivity contribution in [2.75, 3.05) is 0 Å². The summed E-state index contributed by atoms with van der Waals surface area (Å²) in [5.41, 5.74) is 3.23. The fourth-order valence-electron chi connectivity index (χ4n) is 2.70. The number of aryl methyl sites for hydroxylation is 1. The van der Waals surface area contributed by atoms with E-state index in [0.717, 1.165) is 27.9 Å². The highest BCUT2D eigenvalue weighted by Gasteiger charge is 2.03. The van der Waals surface area contributed by atoms with E-state index < -0.39 is 0 Å². The van der Waals surface area contributed by atoms with Crippen molar-refractivity contribution >= 4 is 28.1 Å². The highest BCUT2D eigenvalue weighted by atomic mass is 79.9. The van der Waals surface area contributed by atoms with Crippen molar-refractivity contribution in [1.29, 1.82) is 0 Å². The fourth-order valence-corrected chi connectivity index (χ4v) is 2.96. The first-order valence-electron chi connectivity index (χ1n) is 9.33. The Kier molecular flexibility index (Phi) is 7.28. The number of hydrogen-bond acceptors (Lipinski definition) is 3. The van der Waals surface area contributed by atoms with Gasteiger partial charge in [-0.05, 0) is 54.3 Å². The lowest BCUT2D eigenvalue weighted by Gasteiger charge is -2.05. The number of oxazole rings is 1. The lowest BCUT2D eigenvalue weighted by molar-refractivity contribution is 0.301. The Morgan fingerprint density at radius 3 is 2.52 bits per heavy atom. The third-order valence-electron chi connectivity index (χ3n) is 4.24. The van der Waals surface area contributed by atoms with E-state index in [0.29, 0.717) is 12.5 Å². The molecule has 3 aromatic rings. The van der Waals surface area contributed by atoms with Crippen LogP contribution in [0, 0.1) is 0 Å². The van der Waals surface area contributed by atoms with Crippen LogP contribution >= 0.6 is 15.9 Å². The molecule has 0 amide bonds.